The number of aryl methyl sites for hydroxylation is 2. The summed E-state index contributed by atoms with van der Waals surface area (Å²) < 4.78 is 11.0. The van der Waals surface area contributed by atoms with Gasteiger partial charge in [0.2, 0.25) is 0 Å². The Morgan fingerprint density at radius 2 is 1.06 bits per heavy atom. The normalized spacial score (nSPS) is 36.8. The Morgan fingerprint density at radius 3 is 1.38 bits per heavy atom. The van der Waals surface area contributed by atoms with E-state index in [0.717, 1.165) is 11.1 Å². The monoisotopic (exact) mass is 460 g/mol. The highest BCUT2D eigenvalue weighted by Gasteiger charge is 2.47. The molecule has 0 radical (unpaired) electrons. The third-order valence-electron chi connectivity index (χ3n) is 5.96. The van der Waals surface area contributed by atoms with Crippen molar-refractivity contribution in [2.24, 2.45) is 0 Å². The molecule has 0 bridgehead atoms. The van der Waals surface area contributed by atoms with E-state index in [2.05, 4.69) is 10.6 Å². The van der Waals surface area contributed by atoms with Crippen LogP contribution in [0.3, 0.4) is 0 Å². The highest BCUT2D eigenvalue weighted by atomic mass is 16.6. The maximum absolute atomic E-state index is 10.3. The number of aliphatic hydroxyl groups excluding tert-OH is 8. The molecule has 0 amide bonds. The molecule has 0 spiro atoms. The van der Waals surface area contributed by atoms with Gasteiger partial charge in [-0.1, -0.05) is 0 Å². The van der Waals surface area contributed by atoms with Crippen molar-refractivity contribution in [3.8, 4) is 0 Å². The van der Waals surface area contributed by atoms with E-state index in [1.54, 1.807) is 12.1 Å². The Morgan fingerprint density at radius 1 is 0.719 bits per heavy atom. The van der Waals surface area contributed by atoms with Gasteiger partial charge in [-0.15, -0.1) is 0 Å². The number of anilines is 2. The van der Waals surface area contributed by atoms with Gasteiger partial charge >= 0.3 is 0 Å². The summed E-state index contributed by atoms with van der Waals surface area (Å²) in [5.41, 5.74) is 2.55. The molecule has 0 aromatic heterocycles. The summed E-state index contributed by atoms with van der Waals surface area (Å²) in [7, 11) is 0. The molecule has 3 rings (SSSR count). The van der Waals surface area contributed by atoms with Crippen molar-refractivity contribution in [3.05, 3.63) is 23.3 Å². The quantitative estimate of drug-likeness (QED) is 0.186. The standard InChI is InChI=1S/C20H32N2O10/c1-7-3-9(21-19-15(29)13(27)17(31-19)11(25)5-23)10(4-8(7)2)22-20-16(30)14(28)18(32-20)12(26)6-24/h3-4,11-30H,5-6H2,1-2H3/t11-,12+,13-,14+,15-,16+,17-,18+,19-,20-/m0/s1. The summed E-state index contributed by atoms with van der Waals surface area (Å²) in [6.07, 6.45) is -13.1. The molecule has 2 aliphatic heterocycles. The molecular weight excluding hydrogens is 428 g/mol. The average Bonchev–Trinajstić information content (AvgIpc) is 3.21. The van der Waals surface area contributed by atoms with Crippen molar-refractivity contribution in [1.29, 1.82) is 0 Å². The lowest BCUT2D eigenvalue weighted by atomic mass is 10.0. The van der Waals surface area contributed by atoms with Crippen molar-refractivity contribution in [2.45, 2.75) is 75.1 Å². The molecule has 10 N–H and O–H groups in total. The number of benzene rings is 1. The summed E-state index contributed by atoms with van der Waals surface area (Å²) in [4.78, 5) is 0. The fourth-order valence-corrected chi connectivity index (χ4v) is 3.85. The maximum Gasteiger partial charge on any atom is 0.157 e. The summed E-state index contributed by atoms with van der Waals surface area (Å²) >= 11 is 0. The van der Waals surface area contributed by atoms with Crippen LogP contribution in [0.5, 0.6) is 0 Å². The van der Waals surface area contributed by atoms with Crippen LogP contribution in [0.4, 0.5) is 11.4 Å². The molecular formula is C20H32N2O10. The topological polar surface area (TPSA) is 204 Å². The molecule has 32 heavy (non-hydrogen) atoms. The van der Waals surface area contributed by atoms with Gasteiger partial charge in [-0.3, -0.25) is 0 Å². The fourth-order valence-electron chi connectivity index (χ4n) is 3.85. The van der Waals surface area contributed by atoms with Crippen LogP contribution in [0.2, 0.25) is 0 Å². The molecule has 0 unspecified atom stereocenters. The summed E-state index contributed by atoms with van der Waals surface area (Å²) in [6, 6.07) is 3.46. The van der Waals surface area contributed by atoms with Gasteiger partial charge in [0.25, 0.3) is 0 Å². The smallest absolute Gasteiger partial charge is 0.157 e. The van der Waals surface area contributed by atoms with Crippen LogP contribution in [0.15, 0.2) is 12.1 Å². The van der Waals surface area contributed by atoms with E-state index in [1.165, 1.54) is 0 Å². The number of nitrogens with one attached hydrogen (secondary N) is 2. The van der Waals surface area contributed by atoms with Crippen molar-refractivity contribution in [3.63, 3.8) is 0 Å². The molecule has 2 saturated heterocycles. The molecule has 0 saturated carbocycles. The van der Waals surface area contributed by atoms with Crippen molar-refractivity contribution in [1.82, 2.24) is 0 Å². The number of aliphatic hydroxyl groups is 8. The molecule has 2 fully saturated rings. The van der Waals surface area contributed by atoms with Gasteiger partial charge in [0.1, 0.15) is 48.8 Å². The van der Waals surface area contributed by atoms with E-state index in [4.69, 9.17) is 19.7 Å². The first kappa shape index (κ1) is 25.1. The number of ether oxygens (including phenoxy) is 2. The summed E-state index contributed by atoms with van der Waals surface area (Å²) in [5.74, 6) is 0. The van der Waals surface area contributed by atoms with Crippen molar-refractivity contribution >= 4 is 11.4 Å². The van der Waals surface area contributed by atoms with Crippen LogP contribution in [-0.4, -0.2) is 115 Å². The predicted octanol–water partition coefficient (Wildman–Crippen LogP) is -3.27. The molecule has 182 valence electrons. The second-order valence-electron chi connectivity index (χ2n) is 8.28. The van der Waals surface area contributed by atoms with Gasteiger partial charge in [0.15, 0.2) is 12.5 Å². The molecule has 0 aliphatic carbocycles. The van der Waals surface area contributed by atoms with Gasteiger partial charge in [-0.05, 0) is 37.1 Å². The van der Waals surface area contributed by atoms with Gasteiger partial charge < -0.3 is 61.0 Å². The van der Waals surface area contributed by atoms with Crippen LogP contribution >= 0.6 is 0 Å². The van der Waals surface area contributed by atoms with E-state index in [9.17, 15) is 30.6 Å². The zero-order valence-electron chi connectivity index (χ0n) is 17.7. The van der Waals surface area contributed by atoms with Crippen LogP contribution in [-0.2, 0) is 9.47 Å². The van der Waals surface area contributed by atoms with Crippen LogP contribution in [0, 0.1) is 13.8 Å². The first-order valence-electron chi connectivity index (χ1n) is 10.3. The molecule has 10 atom stereocenters. The van der Waals surface area contributed by atoms with Gasteiger partial charge in [0.05, 0.1) is 24.6 Å². The zero-order chi connectivity index (χ0) is 23.7. The van der Waals surface area contributed by atoms with E-state index in [1.807, 2.05) is 13.8 Å². The van der Waals surface area contributed by atoms with Crippen LogP contribution in [0.1, 0.15) is 11.1 Å². The summed E-state index contributed by atoms with van der Waals surface area (Å²) in [6.45, 7) is 2.39. The maximum atomic E-state index is 10.3. The van der Waals surface area contributed by atoms with Gasteiger partial charge in [-0.25, -0.2) is 0 Å². The van der Waals surface area contributed by atoms with E-state index >= 15 is 0 Å². The minimum atomic E-state index is -1.44. The highest BCUT2D eigenvalue weighted by Crippen LogP contribution is 2.33. The van der Waals surface area contributed by atoms with E-state index in [0.29, 0.717) is 11.4 Å². The molecule has 12 nitrogen and oxygen atoms in total. The largest absolute Gasteiger partial charge is 0.394 e. The van der Waals surface area contributed by atoms with E-state index in [-0.39, 0.29) is 0 Å². The predicted molar refractivity (Wildman–Crippen MR) is 111 cm³/mol. The second-order valence-corrected chi connectivity index (χ2v) is 8.28. The minimum absolute atomic E-state index is 0.403. The fraction of sp³-hybridized carbons (Fsp3) is 0.700. The molecule has 2 heterocycles. The van der Waals surface area contributed by atoms with Gasteiger partial charge in [-0.2, -0.15) is 0 Å². The summed E-state index contributed by atoms with van der Waals surface area (Å²) in [5, 5.41) is 84.7. The molecule has 2 aliphatic rings. The Bertz CT molecular complexity index is 720. The van der Waals surface area contributed by atoms with Crippen molar-refractivity contribution in [2.75, 3.05) is 23.8 Å². The van der Waals surface area contributed by atoms with Crippen molar-refractivity contribution < 1.29 is 50.3 Å². The Balaban J connectivity index is 1.81. The Hall–Kier alpha value is -1.58. The highest BCUT2D eigenvalue weighted by molar-refractivity contribution is 5.71. The second kappa shape index (κ2) is 10.1. The molecule has 12 heteroatoms. The Labute approximate surface area is 184 Å². The third kappa shape index (κ3) is 4.84. The molecule has 1 aromatic carbocycles. The first-order valence-corrected chi connectivity index (χ1v) is 10.3. The van der Waals surface area contributed by atoms with E-state index < -0.39 is 74.5 Å². The SMILES string of the molecule is Cc1cc(N[C@H]2O[C@H]([C@H](O)CO)[C@H](O)[C@H]2O)c(N[C@H]2O[C@@H]([C@@H](O)CO)[C@@H](O)[C@@H]2O)cc1C. The average molecular weight is 460 g/mol. The van der Waals surface area contributed by atoms with Crippen LogP contribution in [0.25, 0.3) is 0 Å². The number of hydrogen-bond donors (Lipinski definition) is 10. The lowest BCUT2D eigenvalue weighted by Gasteiger charge is -2.25. The zero-order valence-corrected chi connectivity index (χ0v) is 17.7. The number of rotatable bonds is 8. The first-order chi connectivity index (χ1) is 15.1. The lowest BCUT2D eigenvalue weighted by molar-refractivity contribution is -0.0776. The molecule has 1 aromatic rings. The van der Waals surface area contributed by atoms with Gasteiger partial charge in [0, 0.05) is 0 Å². The van der Waals surface area contributed by atoms with Crippen LogP contribution < -0.4 is 10.6 Å². The lowest BCUT2D eigenvalue weighted by Crippen LogP contribution is -2.41. The number of hydrogen-bond acceptors (Lipinski definition) is 12. The third-order valence-corrected chi connectivity index (χ3v) is 5.96. The Kier molecular flexibility index (Phi) is 7.93. The minimum Gasteiger partial charge on any atom is -0.394 e.